The second-order valence-corrected chi connectivity index (χ2v) is 5.38. The van der Waals surface area contributed by atoms with Gasteiger partial charge < -0.3 is 15.5 Å². The molecule has 0 aromatic rings. The molecule has 1 aliphatic carbocycles. The first-order valence-corrected chi connectivity index (χ1v) is 7.01. The van der Waals surface area contributed by atoms with Crippen molar-refractivity contribution in [2.24, 2.45) is 0 Å². The number of urea groups is 1. The molecule has 0 bridgehead atoms. The minimum atomic E-state index is 0.129. The van der Waals surface area contributed by atoms with Crippen LogP contribution >= 0.6 is 0 Å². The molecule has 1 unspecified atom stereocenters. The van der Waals surface area contributed by atoms with Crippen molar-refractivity contribution in [3.63, 3.8) is 0 Å². The Morgan fingerprint density at radius 2 is 1.88 bits per heavy atom. The second kappa shape index (κ2) is 6.24. The van der Waals surface area contributed by atoms with Crippen molar-refractivity contribution in [2.45, 2.75) is 57.0 Å². The molecular weight excluding hydrogens is 214 g/mol. The highest BCUT2D eigenvalue weighted by atomic mass is 16.2. The topological polar surface area (TPSA) is 44.4 Å². The Bertz CT molecular complexity index is 243. The van der Waals surface area contributed by atoms with Gasteiger partial charge in [0.05, 0.1) is 0 Å². The van der Waals surface area contributed by atoms with Crippen LogP contribution in [0.2, 0.25) is 0 Å². The lowest BCUT2D eigenvalue weighted by molar-refractivity contribution is 0.181. The summed E-state index contributed by atoms with van der Waals surface area (Å²) in [6.07, 6.45) is 8.23. The molecule has 2 aliphatic rings. The lowest BCUT2D eigenvalue weighted by atomic mass is 10.1. The molecular formula is C13H25N3O. The number of carbonyl (C=O) groups is 1. The third-order valence-electron chi connectivity index (χ3n) is 4.10. The number of nitrogens with one attached hydrogen (secondary N) is 2. The van der Waals surface area contributed by atoms with E-state index in [1.807, 2.05) is 11.9 Å². The van der Waals surface area contributed by atoms with Crippen molar-refractivity contribution in [1.29, 1.82) is 0 Å². The van der Waals surface area contributed by atoms with Crippen molar-refractivity contribution in [3.8, 4) is 0 Å². The normalized spacial score (nSPS) is 26.5. The summed E-state index contributed by atoms with van der Waals surface area (Å²) < 4.78 is 0. The second-order valence-electron chi connectivity index (χ2n) is 5.38. The van der Waals surface area contributed by atoms with Crippen LogP contribution in [-0.2, 0) is 0 Å². The number of hydrogen-bond acceptors (Lipinski definition) is 2. The van der Waals surface area contributed by atoms with Gasteiger partial charge in [0, 0.05) is 19.1 Å². The summed E-state index contributed by atoms with van der Waals surface area (Å²) in [6, 6.07) is 0.962. The summed E-state index contributed by atoms with van der Waals surface area (Å²) in [5.74, 6) is 0. The van der Waals surface area contributed by atoms with Crippen LogP contribution in [-0.4, -0.2) is 43.2 Å². The van der Waals surface area contributed by atoms with E-state index in [0.717, 1.165) is 38.8 Å². The van der Waals surface area contributed by atoms with Crippen LogP contribution in [0.3, 0.4) is 0 Å². The molecule has 98 valence electrons. The molecule has 4 heteroatoms. The van der Waals surface area contributed by atoms with Crippen LogP contribution < -0.4 is 10.6 Å². The highest BCUT2D eigenvalue weighted by Gasteiger charge is 2.24. The molecule has 4 nitrogen and oxygen atoms in total. The molecule has 0 aromatic carbocycles. The zero-order valence-corrected chi connectivity index (χ0v) is 10.9. The first-order valence-electron chi connectivity index (χ1n) is 7.01. The van der Waals surface area contributed by atoms with Crippen LogP contribution in [0.4, 0.5) is 4.79 Å². The summed E-state index contributed by atoms with van der Waals surface area (Å²) in [5.41, 5.74) is 0. The molecule has 0 radical (unpaired) electrons. The molecule has 1 atom stereocenters. The zero-order valence-electron chi connectivity index (χ0n) is 10.9. The van der Waals surface area contributed by atoms with Gasteiger partial charge in [0.15, 0.2) is 0 Å². The van der Waals surface area contributed by atoms with Crippen LogP contribution in [0.1, 0.15) is 44.9 Å². The fourth-order valence-electron chi connectivity index (χ4n) is 2.90. The molecule has 1 heterocycles. The Kier molecular flexibility index (Phi) is 4.66. The van der Waals surface area contributed by atoms with Gasteiger partial charge in [0.1, 0.15) is 0 Å². The summed E-state index contributed by atoms with van der Waals surface area (Å²) >= 11 is 0. The van der Waals surface area contributed by atoms with E-state index >= 15 is 0 Å². The maximum Gasteiger partial charge on any atom is 0.317 e. The fourth-order valence-corrected chi connectivity index (χ4v) is 2.90. The van der Waals surface area contributed by atoms with Gasteiger partial charge in [-0.3, -0.25) is 0 Å². The van der Waals surface area contributed by atoms with E-state index in [9.17, 15) is 4.79 Å². The van der Waals surface area contributed by atoms with Crippen molar-refractivity contribution in [3.05, 3.63) is 0 Å². The van der Waals surface area contributed by atoms with E-state index in [1.165, 1.54) is 19.3 Å². The Hall–Kier alpha value is -0.770. The van der Waals surface area contributed by atoms with Crippen molar-refractivity contribution in [1.82, 2.24) is 15.5 Å². The Labute approximate surface area is 104 Å². The number of carbonyl (C=O) groups excluding carboxylic acids is 1. The molecule has 1 saturated heterocycles. The van der Waals surface area contributed by atoms with E-state index in [0.29, 0.717) is 12.1 Å². The van der Waals surface area contributed by atoms with Crippen molar-refractivity contribution in [2.75, 3.05) is 20.1 Å². The highest BCUT2D eigenvalue weighted by Crippen LogP contribution is 2.18. The molecule has 1 aliphatic heterocycles. The summed E-state index contributed by atoms with van der Waals surface area (Å²) in [4.78, 5) is 14.0. The monoisotopic (exact) mass is 239 g/mol. The van der Waals surface area contributed by atoms with Crippen LogP contribution in [0.5, 0.6) is 0 Å². The average molecular weight is 239 g/mol. The largest absolute Gasteiger partial charge is 0.335 e. The maximum atomic E-state index is 12.1. The lowest BCUT2D eigenvalue weighted by Crippen LogP contribution is -2.46. The maximum absolute atomic E-state index is 12.1. The van der Waals surface area contributed by atoms with Gasteiger partial charge in [-0.2, -0.15) is 0 Å². The van der Waals surface area contributed by atoms with Crippen LogP contribution in [0, 0.1) is 0 Å². The van der Waals surface area contributed by atoms with E-state index in [-0.39, 0.29) is 6.03 Å². The Morgan fingerprint density at radius 1 is 1.12 bits per heavy atom. The first-order chi connectivity index (χ1) is 8.27. The molecule has 2 N–H and O–H groups in total. The smallest absolute Gasteiger partial charge is 0.317 e. The van der Waals surface area contributed by atoms with Crippen molar-refractivity contribution >= 4 is 6.03 Å². The van der Waals surface area contributed by atoms with E-state index in [4.69, 9.17) is 0 Å². The zero-order chi connectivity index (χ0) is 12.1. The summed E-state index contributed by atoms with van der Waals surface area (Å²) in [7, 11) is 1.94. The lowest BCUT2D eigenvalue weighted by Gasteiger charge is -2.28. The fraction of sp³-hybridized carbons (Fsp3) is 0.923. The van der Waals surface area contributed by atoms with Gasteiger partial charge >= 0.3 is 6.03 Å². The van der Waals surface area contributed by atoms with E-state index in [2.05, 4.69) is 10.6 Å². The molecule has 17 heavy (non-hydrogen) atoms. The number of nitrogens with zero attached hydrogens (tertiary/aromatic N) is 1. The predicted molar refractivity (Wildman–Crippen MR) is 69.1 cm³/mol. The van der Waals surface area contributed by atoms with Gasteiger partial charge in [-0.1, -0.05) is 12.8 Å². The molecule has 2 amide bonds. The predicted octanol–water partition coefficient (Wildman–Crippen LogP) is 1.71. The number of amides is 2. The van der Waals surface area contributed by atoms with E-state index in [1.54, 1.807) is 0 Å². The molecule has 0 aromatic heterocycles. The van der Waals surface area contributed by atoms with E-state index < -0.39 is 0 Å². The standard InChI is InChI=1S/C13H25N3O/c1-16(12-7-4-9-14-10-8-12)13(17)15-11-5-2-3-6-11/h11-12,14H,2-10H2,1H3,(H,15,17). The summed E-state index contributed by atoms with van der Waals surface area (Å²) in [5, 5.41) is 6.55. The number of hydrogen-bond donors (Lipinski definition) is 2. The molecule has 2 rings (SSSR count). The van der Waals surface area contributed by atoms with Crippen LogP contribution in [0.15, 0.2) is 0 Å². The molecule has 2 fully saturated rings. The molecule has 1 saturated carbocycles. The quantitative estimate of drug-likeness (QED) is 0.770. The minimum absolute atomic E-state index is 0.129. The molecule has 0 spiro atoms. The average Bonchev–Trinajstić information content (AvgIpc) is 2.68. The summed E-state index contributed by atoms with van der Waals surface area (Å²) in [6.45, 7) is 2.13. The third kappa shape index (κ3) is 3.60. The third-order valence-corrected chi connectivity index (χ3v) is 4.10. The van der Waals surface area contributed by atoms with Crippen molar-refractivity contribution < 1.29 is 4.79 Å². The Morgan fingerprint density at radius 3 is 2.65 bits per heavy atom. The first kappa shape index (κ1) is 12.7. The van der Waals surface area contributed by atoms with Gasteiger partial charge in [-0.15, -0.1) is 0 Å². The highest BCUT2D eigenvalue weighted by molar-refractivity contribution is 5.74. The Balaban J connectivity index is 1.80. The number of rotatable bonds is 2. The van der Waals surface area contributed by atoms with Gasteiger partial charge in [0.25, 0.3) is 0 Å². The van der Waals surface area contributed by atoms with Crippen LogP contribution in [0.25, 0.3) is 0 Å². The SMILES string of the molecule is CN(C(=O)NC1CCCC1)C1CCCNCC1. The van der Waals surface area contributed by atoms with Gasteiger partial charge in [-0.25, -0.2) is 4.79 Å². The van der Waals surface area contributed by atoms with Gasteiger partial charge in [0.2, 0.25) is 0 Å². The minimum Gasteiger partial charge on any atom is -0.335 e. The van der Waals surface area contributed by atoms with Gasteiger partial charge in [-0.05, 0) is 45.2 Å².